The molecule has 3 heteroatoms. The highest BCUT2D eigenvalue weighted by molar-refractivity contribution is 5.95. The standard InChI is InChI=1S/C19H25FO2/c1-18-7-6-12-11-3-5-15(21)17(20)13(11)2-4-14(12)19(18)9-10(19)8-16(18)22/h10-12,14,16,22H,2-9H2,1H3/t10-,11-,12-,14-,16+,18-,19+/m1/s1. The second kappa shape index (κ2) is 4.03. The number of hydrogen-bond donors (Lipinski definition) is 1. The molecule has 1 N–H and O–H groups in total. The minimum absolute atomic E-state index is 0.100. The van der Waals surface area contributed by atoms with Crippen LogP contribution in [0.2, 0.25) is 0 Å². The molecule has 1 spiro atoms. The number of hydrogen-bond acceptors (Lipinski definition) is 2. The van der Waals surface area contributed by atoms with Crippen molar-refractivity contribution < 1.29 is 14.3 Å². The molecule has 4 fully saturated rings. The van der Waals surface area contributed by atoms with Crippen LogP contribution in [0.15, 0.2) is 11.4 Å². The van der Waals surface area contributed by atoms with Crippen LogP contribution in [-0.4, -0.2) is 17.0 Å². The molecule has 0 aromatic carbocycles. The van der Waals surface area contributed by atoms with Gasteiger partial charge in [0.25, 0.3) is 0 Å². The van der Waals surface area contributed by atoms with Crippen molar-refractivity contribution in [3.8, 4) is 0 Å². The van der Waals surface area contributed by atoms with E-state index >= 15 is 0 Å². The van der Waals surface area contributed by atoms with Gasteiger partial charge in [0, 0.05) is 6.42 Å². The summed E-state index contributed by atoms with van der Waals surface area (Å²) in [5.41, 5.74) is 1.30. The largest absolute Gasteiger partial charge is 0.393 e. The summed E-state index contributed by atoms with van der Waals surface area (Å²) < 4.78 is 14.3. The first kappa shape index (κ1) is 13.7. The fourth-order valence-electron chi connectivity index (χ4n) is 7.45. The van der Waals surface area contributed by atoms with Gasteiger partial charge in [-0.05, 0) is 85.0 Å². The number of aliphatic hydroxyl groups excluding tert-OH is 1. The Bertz CT molecular complexity index is 596. The molecule has 5 aliphatic rings. The number of carbonyl (C=O) groups is 1. The molecular weight excluding hydrogens is 279 g/mol. The Morgan fingerprint density at radius 3 is 2.86 bits per heavy atom. The lowest BCUT2D eigenvalue weighted by molar-refractivity contribution is -0.119. The highest BCUT2D eigenvalue weighted by Gasteiger charge is 2.77. The summed E-state index contributed by atoms with van der Waals surface area (Å²) in [7, 11) is 0. The molecule has 22 heavy (non-hydrogen) atoms. The van der Waals surface area contributed by atoms with Crippen molar-refractivity contribution in [2.24, 2.45) is 34.5 Å². The smallest absolute Gasteiger partial charge is 0.191 e. The Balaban J connectivity index is 1.54. The van der Waals surface area contributed by atoms with Crippen LogP contribution in [0.5, 0.6) is 0 Å². The Morgan fingerprint density at radius 2 is 2.05 bits per heavy atom. The second-order valence-electron chi connectivity index (χ2n) is 8.87. The Morgan fingerprint density at radius 1 is 1.23 bits per heavy atom. The van der Waals surface area contributed by atoms with E-state index in [2.05, 4.69) is 6.92 Å². The average Bonchev–Trinajstić information content (AvgIpc) is 3.16. The number of fused-ring (bicyclic) bond motifs is 3. The van der Waals surface area contributed by atoms with Crippen LogP contribution in [0.25, 0.3) is 0 Å². The van der Waals surface area contributed by atoms with Gasteiger partial charge in [0.2, 0.25) is 0 Å². The van der Waals surface area contributed by atoms with Crippen LogP contribution in [-0.2, 0) is 4.79 Å². The maximum Gasteiger partial charge on any atom is 0.191 e. The first-order valence-electron chi connectivity index (χ1n) is 9.09. The lowest BCUT2D eigenvalue weighted by Gasteiger charge is -2.55. The Kier molecular flexibility index (Phi) is 2.51. The number of halogens is 1. The molecule has 120 valence electrons. The molecule has 0 aliphatic heterocycles. The molecule has 0 aromatic heterocycles. The minimum atomic E-state index is -0.390. The summed E-state index contributed by atoms with van der Waals surface area (Å²) in [5.74, 6) is 1.59. The van der Waals surface area contributed by atoms with E-state index in [-0.39, 0.29) is 23.1 Å². The van der Waals surface area contributed by atoms with Crippen molar-refractivity contribution in [2.45, 2.75) is 64.4 Å². The lowest BCUT2D eigenvalue weighted by Crippen LogP contribution is -2.50. The van der Waals surface area contributed by atoms with Crippen LogP contribution in [0.4, 0.5) is 4.39 Å². The minimum Gasteiger partial charge on any atom is -0.393 e. The molecule has 0 amide bonds. The second-order valence-corrected chi connectivity index (χ2v) is 8.87. The Labute approximate surface area is 131 Å². The third-order valence-corrected chi connectivity index (χ3v) is 8.53. The van der Waals surface area contributed by atoms with Gasteiger partial charge in [0.1, 0.15) is 0 Å². The summed E-state index contributed by atoms with van der Waals surface area (Å²) in [4.78, 5) is 11.7. The van der Waals surface area contributed by atoms with Crippen LogP contribution in [0.1, 0.15) is 58.3 Å². The predicted octanol–water partition coefficient (Wildman–Crippen LogP) is 3.79. The number of ketones is 1. The molecule has 5 aliphatic carbocycles. The molecule has 5 rings (SSSR count). The summed E-state index contributed by atoms with van der Waals surface area (Å²) in [6, 6.07) is 0. The molecule has 0 saturated heterocycles. The van der Waals surface area contributed by atoms with E-state index in [1.165, 1.54) is 6.42 Å². The van der Waals surface area contributed by atoms with E-state index in [0.29, 0.717) is 35.5 Å². The predicted molar refractivity (Wildman–Crippen MR) is 80.6 cm³/mol. The van der Waals surface area contributed by atoms with Gasteiger partial charge in [0.15, 0.2) is 11.6 Å². The number of allylic oxidation sites excluding steroid dienone is 1. The number of aliphatic hydroxyl groups is 1. The summed E-state index contributed by atoms with van der Waals surface area (Å²) in [6.07, 6.45) is 7.43. The number of carbonyl (C=O) groups excluding carboxylic acids is 1. The van der Waals surface area contributed by atoms with Gasteiger partial charge in [-0.25, -0.2) is 4.39 Å². The van der Waals surface area contributed by atoms with E-state index in [1.54, 1.807) is 0 Å². The van der Waals surface area contributed by atoms with Crippen LogP contribution >= 0.6 is 0 Å². The van der Waals surface area contributed by atoms with Crippen LogP contribution in [0.3, 0.4) is 0 Å². The average molecular weight is 304 g/mol. The van der Waals surface area contributed by atoms with Crippen molar-refractivity contribution >= 4 is 5.78 Å². The first-order chi connectivity index (χ1) is 10.5. The number of rotatable bonds is 0. The molecule has 0 aromatic rings. The van der Waals surface area contributed by atoms with Gasteiger partial charge in [-0.15, -0.1) is 0 Å². The van der Waals surface area contributed by atoms with Crippen molar-refractivity contribution in [2.75, 3.05) is 0 Å². The zero-order valence-electron chi connectivity index (χ0n) is 13.3. The topological polar surface area (TPSA) is 37.3 Å². The van der Waals surface area contributed by atoms with Crippen LogP contribution < -0.4 is 0 Å². The van der Waals surface area contributed by atoms with Gasteiger partial charge in [-0.1, -0.05) is 6.92 Å². The maximum absolute atomic E-state index is 14.3. The third kappa shape index (κ3) is 1.35. The highest BCUT2D eigenvalue weighted by Crippen LogP contribution is 2.81. The monoisotopic (exact) mass is 304 g/mol. The maximum atomic E-state index is 14.3. The quantitative estimate of drug-likeness (QED) is 0.739. The van der Waals surface area contributed by atoms with E-state index < -0.39 is 0 Å². The van der Waals surface area contributed by atoms with E-state index in [1.807, 2.05) is 0 Å². The fraction of sp³-hybridized carbons (Fsp3) is 0.842. The molecule has 4 saturated carbocycles. The molecule has 0 heterocycles. The normalized spacial score (nSPS) is 56.1. The molecule has 0 radical (unpaired) electrons. The van der Waals surface area contributed by atoms with Gasteiger partial charge in [0.05, 0.1) is 6.10 Å². The molecule has 7 atom stereocenters. The van der Waals surface area contributed by atoms with Gasteiger partial charge < -0.3 is 5.11 Å². The summed E-state index contributed by atoms with van der Waals surface area (Å²) in [6.45, 7) is 2.32. The number of Topliss-reactive ketones (excluding diaryl/α,β-unsaturated/α-hetero) is 1. The van der Waals surface area contributed by atoms with Gasteiger partial charge in [-0.3, -0.25) is 4.79 Å². The van der Waals surface area contributed by atoms with E-state index in [0.717, 1.165) is 44.1 Å². The van der Waals surface area contributed by atoms with Crippen molar-refractivity contribution in [1.82, 2.24) is 0 Å². The molecule has 0 bridgehead atoms. The van der Waals surface area contributed by atoms with E-state index in [9.17, 15) is 14.3 Å². The lowest BCUT2D eigenvalue weighted by atomic mass is 9.49. The fourth-order valence-corrected chi connectivity index (χ4v) is 7.45. The zero-order chi connectivity index (χ0) is 15.3. The van der Waals surface area contributed by atoms with Crippen molar-refractivity contribution in [1.29, 1.82) is 0 Å². The highest BCUT2D eigenvalue weighted by atomic mass is 19.1. The van der Waals surface area contributed by atoms with Crippen molar-refractivity contribution in [3.05, 3.63) is 11.4 Å². The van der Waals surface area contributed by atoms with Gasteiger partial charge in [-0.2, -0.15) is 0 Å². The van der Waals surface area contributed by atoms with E-state index in [4.69, 9.17) is 0 Å². The Hall–Kier alpha value is -0.700. The van der Waals surface area contributed by atoms with Crippen molar-refractivity contribution in [3.63, 3.8) is 0 Å². The molecule has 0 unspecified atom stereocenters. The SMILES string of the molecule is C[C@]12CC[C@H]3[C@@H](CCC4=C(F)C(=O)CC[C@@H]43)[C@@]13C[C@H]3C[C@@H]2O. The zero-order valence-corrected chi connectivity index (χ0v) is 13.3. The third-order valence-electron chi connectivity index (χ3n) is 8.53. The summed E-state index contributed by atoms with van der Waals surface area (Å²) >= 11 is 0. The molecule has 2 nitrogen and oxygen atoms in total. The summed E-state index contributed by atoms with van der Waals surface area (Å²) in [5, 5.41) is 10.6. The van der Waals surface area contributed by atoms with Crippen LogP contribution in [0, 0.1) is 34.5 Å². The van der Waals surface area contributed by atoms with Gasteiger partial charge >= 0.3 is 0 Å². The first-order valence-corrected chi connectivity index (χ1v) is 9.09. The molecular formula is C19H25FO2.